The van der Waals surface area contributed by atoms with Crippen LogP contribution in [0.25, 0.3) is 4.96 Å². The predicted molar refractivity (Wildman–Crippen MR) is 77.0 cm³/mol. The van der Waals surface area contributed by atoms with Crippen LogP contribution in [0.3, 0.4) is 0 Å². The first-order valence-electron chi connectivity index (χ1n) is 6.78. The fourth-order valence-corrected chi connectivity index (χ4v) is 3.23. The lowest BCUT2D eigenvalue weighted by Crippen LogP contribution is -2.46. The average molecular weight is 294 g/mol. The summed E-state index contributed by atoms with van der Waals surface area (Å²) in [6.07, 6.45) is 4.35. The first-order chi connectivity index (χ1) is 9.70. The van der Waals surface area contributed by atoms with Gasteiger partial charge >= 0.3 is 5.97 Å². The maximum absolute atomic E-state index is 10.6. The third kappa shape index (κ3) is 3.17. The van der Waals surface area contributed by atoms with Crippen LogP contribution in [-0.4, -0.2) is 63.0 Å². The van der Waals surface area contributed by atoms with E-state index in [0.29, 0.717) is 6.54 Å². The molecule has 0 atom stereocenters. The molecule has 0 saturated carbocycles. The van der Waals surface area contributed by atoms with Gasteiger partial charge in [0, 0.05) is 57.0 Å². The fourth-order valence-electron chi connectivity index (χ4n) is 2.51. The van der Waals surface area contributed by atoms with E-state index >= 15 is 0 Å². The summed E-state index contributed by atoms with van der Waals surface area (Å²) in [4.78, 5) is 20.8. The summed E-state index contributed by atoms with van der Waals surface area (Å²) in [5.74, 6) is -0.717. The number of rotatable bonds is 5. The molecule has 6 nitrogen and oxygen atoms in total. The Morgan fingerprint density at radius 1 is 1.30 bits per heavy atom. The van der Waals surface area contributed by atoms with Crippen molar-refractivity contribution in [3.05, 3.63) is 23.5 Å². The van der Waals surface area contributed by atoms with Gasteiger partial charge in [0.05, 0.1) is 12.1 Å². The highest BCUT2D eigenvalue weighted by atomic mass is 32.1. The summed E-state index contributed by atoms with van der Waals surface area (Å²) in [6.45, 7) is 5.37. The van der Waals surface area contributed by atoms with Crippen LogP contribution in [0.4, 0.5) is 0 Å². The molecule has 0 radical (unpaired) electrons. The van der Waals surface area contributed by atoms with Crippen molar-refractivity contribution in [1.29, 1.82) is 0 Å². The van der Waals surface area contributed by atoms with Crippen molar-refractivity contribution in [3.63, 3.8) is 0 Å². The van der Waals surface area contributed by atoms with Gasteiger partial charge in [-0.05, 0) is 0 Å². The van der Waals surface area contributed by atoms with E-state index in [1.807, 2.05) is 11.6 Å². The first kappa shape index (κ1) is 13.5. The number of aromatic nitrogens is 2. The van der Waals surface area contributed by atoms with E-state index in [1.165, 1.54) is 0 Å². The van der Waals surface area contributed by atoms with Crippen LogP contribution in [0.15, 0.2) is 17.8 Å². The molecule has 1 N–H and O–H groups in total. The van der Waals surface area contributed by atoms with Gasteiger partial charge in [-0.2, -0.15) is 0 Å². The van der Waals surface area contributed by atoms with E-state index in [1.54, 1.807) is 11.3 Å². The molecule has 1 fully saturated rings. The Morgan fingerprint density at radius 3 is 2.75 bits per heavy atom. The third-order valence-corrected chi connectivity index (χ3v) is 4.41. The second kappa shape index (κ2) is 5.90. The Balaban J connectivity index is 1.48. The molecule has 2 aromatic heterocycles. The number of hydrogen-bond acceptors (Lipinski definition) is 5. The molecular formula is C13H18N4O2S. The summed E-state index contributed by atoms with van der Waals surface area (Å²) in [5, 5.41) is 10.7. The molecular weight excluding hydrogens is 276 g/mol. The molecule has 0 bridgehead atoms. The van der Waals surface area contributed by atoms with Crippen molar-refractivity contribution >= 4 is 22.3 Å². The van der Waals surface area contributed by atoms with Gasteiger partial charge in [-0.15, -0.1) is 11.3 Å². The van der Waals surface area contributed by atoms with Crippen molar-refractivity contribution in [2.24, 2.45) is 0 Å². The second-order valence-corrected chi connectivity index (χ2v) is 5.96. The van der Waals surface area contributed by atoms with Crippen molar-refractivity contribution in [2.45, 2.75) is 13.0 Å². The molecule has 0 spiro atoms. The number of carboxylic acids is 1. The molecule has 1 saturated heterocycles. The van der Waals surface area contributed by atoms with Gasteiger partial charge in [0.25, 0.3) is 0 Å². The van der Waals surface area contributed by atoms with Crippen molar-refractivity contribution in [2.75, 3.05) is 32.7 Å². The van der Waals surface area contributed by atoms with E-state index in [2.05, 4.69) is 25.4 Å². The van der Waals surface area contributed by atoms with Gasteiger partial charge in [-0.3, -0.25) is 14.1 Å². The van der Waals surface area contributed by atoms with Crippen molar-refractivity contribution in [3.8, 4) is 0 Å². The zero-order valence-corrected chi connectivity index (χ0v) is 12.1. The van der Waals surface area contributed by atoms with Gasteiger partial charge in [-0.1, -0.05) is 0 Å². The minimum atomic E-state index is -0.717. The molecule has 2 aromatic rings. The number of carbonyl (C=O) groups is 1. The molecule has 3 heterocycles. The SMILES string of the molecule is O=C(O)CCN1CCN(Cc2cn3ccsc3n2)CC1. The summed E-state index contributed by atoms with van der Waals surface area (Å²) in [7, 11) is 0. The fraction of sp³-hybridized carbons (Fsp3) is 0.538. The number of piperazine rings is 1. The van der Waals surface area contributed by atoms with Crippen molar-refractivity contribution < 1.29 is 9.90 Å². The monoisotopic (exact) mass is 294 g/mol. The predicted octanol–water partition coefficient (Wildman–Crippen LogP) is 0.988. The average Bonchev–Trinajstić information content (AvgIpc) is 2.99. The Morgan fingerprint density at radius 2 is 2.05 bits per heavy atom. The summed E-state index contributed by atoms with van der Waals surface area (Å²) in [5.41, 5.74) is 1.11. The maximum Gasteiger partial charge on any atom is 0.304 e. The normalized spacial score (nSPS) is 17.8. The standard InChI is InChI=1S/C13H18N4O2S/c18-12(19)1-2-15-3-5-16(6-4-15)9-11-10-17-7-8-20-13(17)14-11/h7-8,10H,1-6,9H2,(H,18,19). The van der Waals surface area contributed by atoms with E-state index < -0.39 is 5.97 Å². The molecule has 3 rings (SSSR count). The highest BCUT2D eigenvalue weighted by Gasteiger charge is 2.18. The number of fused-ring (bicyclic) bond motifs is 1. The first-order valence-corrected chi connectivity index (χ1v) is 7.66. The molecule has 1 aliphatic rings. The molecule has 0 aliphatic carbocycles. The molecule has 1 aliphatic heterocycles. The number of carboxylic acid groups (broad SMARTS) is 1. The van der Waals surface area contributed by atoms with E-state index in [9.17, 15) is 4.79 Å². The molecule has 108 valence electrons. The van der Waals surface area contributed by atoms with Crippen LogP contribution < -0.4 is 0 Å². The van der Waals surface area contributed by atoms with Crippen LogP contribution in [0.1, 0.15) is 12.1 Å². The van der Waals surface area contributed by atoms with E-state index in [4.69, 9.17) is 5.11 Å². The minimum Gasteiger partial charge on any atom is -0.481 e. The van der Waals surface area contributed by atoms with Gasteiger partial charge in [0.2, 0.25) is 0 Å². The highest BCUT2D eigenvalue weighted by Crippen LogP contribution is 2.13. The Kier molecular flexibility index (Phi) is 4.00. The Bertz CT molecular complexity index is 557. The lowest BCUT2D eigenvalue weighted by molar-refractivity contribution is -0.137. The van der Waals surface area contributed by atoms with Crippen molar-refractivity contribution in [1.82, 2.24) is 19.2 Å². The number of imidazole rings is 1. The molecule has 20 heavy (non-hydrogen) atoms. The quantitative estimate of drug-likeness (QED) is 0.891. The smallest absolute Gasteiger partial charge is 0.304 e. The Hall–Kier alpha value is -1.44. The molecule has 0 aromatic carbocycles. The summed E-state index contributed by atoms with van der Waals surface area (Å²) >= 11 is 1.65. The van der Waals surface area contributed by atoms with Gasteiger partial charge in [0.15, 0.2) is 4.96 Å². The molecule has 7 heteroatoms. The number of hydrogen-bond donors (Lipinski definition) is 1. The maximum atomic E-state index is 10.6. The number of thiazole rings is 1. The lowest BCUT2D eigenvalue weighted by Gasteiger charge is -2.33. The zero-order valence-electron chi connectivity index (χ0n) is 11.2. The van der Waals surface area contributed by atoms with E-state index in [-0.39, 0.29) is 6.42 Å². The lowest BCUT2D eigenvalue weighted by atomic mass is 10.2. The minimum absolute atomic E-state index is 0.233. The number of aliphatic carboxylic acids is 1. The van der Waals surface area contributed by atoms with Gasteiger partial charge < -0.3 is 10.0 Å². The second-order valence-electron chi connectivity index (χ2n) is 5.09. The largest absolute Gasteiger partial charge is 0.481 e. The van der Waals surface area contributed by atoms with Crippen LogP contribution in [0, 0.1) is 0 Å². The summed E-state index contributed by atoms with van der Waals surface area (Å²) < 4.78 is 2.06. The summed E-state index contributed by atoms with van der Waals surface area (Å²) in [6, 6.07) is 0. The zero-order chi connectivity index (χ0) is 13.9. The topological polar surface area (TPSA) is 61.1 Å². The van der Waals surface area contributed by atoms with E-state index in [0.717, 1.165) is 43.4 Å². The van der Waals surface area contributed by atoms with Gasteiger partial charge in [-0.25, -0.2) is 4.98 Å². The third-order valence-electron chi connectivity index (χ3n) is 3.64. The van der Waals surface area contributed by atoms with Crippen LogP contribution in [-0.2, 0) is 11.3 Å². The van der Waals surface area contributed by atoms with Crippen LogP contribution in [0.5, 0.6) is 0 Å². The van der Waals surface area contributed by atoms with Crippen LogP contribution in [0.2, 0.25) is 0 Å². The molecule has 0 amide bonds. The van der Waals surface area contributed by atoms with Gasteiger partial charge in [0.1, 0.15) is 0 Å². The highest BCUT2D eigenvalue weighted by molar-refractivity contribution is 7.15. The number of nitrogens with zero attached hydrogens (tertiary/aromatic N) is 4. The molecule has 0 unspecified atom stereocenters. The Labute approximate surface area is 121 Å². The van der Waals surface area contributed by atoms with Crippen LogP contribution >= 0.6 is 11.3 Å².